The van der Waals surface area contributed by atoms with Gasteiger partial charge in [0.15, 0.2) is 0 Å². The van der Waals surface area contributed by atoms with Crippen molar-refractivity contribution in [1.82, 2.24) is 5.32 Å². The Morgan fingerprint density at radius 3 is 2.50 bits per heavy atom. The van der Waals surface area contributed by atoms with Gasteiger partial charge in [-0.25, -0.2) is 0 Å². The number of rotatable bonds is 4. The molecule has 0 saturated heterocycles. The molecule has 0 aromatic rings. The van der Waals surface area contributed by atoms with Gasteiger partial charge in [0.25, 0.3) is 0 Å². The number of hydrogen-bond acceptors (Lipinski definition) is 2. The second-order valence-corrected chi connectivity index (χ2v) is 6.48. The number of aliphatic hydroxyl groups is 1. The molecule has 2 aliphatic carbocycles. The molecule has 0 aromatic heterocycles. The maximum Gasteiger partial charge on any atom is 0.0462 e. The maximum absolute atomic E-state index is 9.30. The summed E-state index contributed by atoms with van der Waals surface area (Å²) < 4.78 is 0. The zero-order valence-electron chi connectivity index (χ0n) is 10.8. The van der Waals surface area contributed by atoms with Crippen LogP contribution >= 0.6 is 0 Å². The van der Waals surface area contributed by atoms with E-state index in [1.165, 1.54) is 38.5 Å². The highest BCUT2D eigenvalue weighted by atomic mass is 16.3. The van der Waals surface area contributed by atoms with E-state index in [1.807, 2.05) is 0 Å². The summed E-state index contributed by atoms with van der Waals surface area (Å²) in [5.41, 5.74) is 0.479. The Kier molecular flexibility index (Phi) is 3.91. The highest BCUT2D eigenvalue weighted by Gasteiger charge is 2.35. The molecule has 0 amide bonds. The van der Waals surface area contributed by atoms with Gasteiger partial charge in [-0.05, 0) is 49.5 Å². The average Bonchev–Trinajstić information content (AvgIpc) is 2.81. The monoisotopic (exact) mass is 225 g/mol. The van der Waals surface area contributed by atoms with Crippen molar-refractivity contribution in [2.45, 2.75) is 58.4 Å². The van der Waals surface area contributed by atoms with Gasteiger partial charge in [-0.1, -0.05) is 26.7 Å². The predicted octanol–water partition coefficient (Wildman–Crippen LogP) is 2.56. The van der Waals surface area contributed by atoms with Crippen LogP contribution in [0.25, 0.3) is 0 Å². The summed E-state index contributed by atoms with van der Waals surface area (Å²) in [5, 5.41) is 13.1. The Hall–Kier alpha value is -0.0800. The molecular weight excluding hydrogens is 198 g/mol. The lowest BCUT2D eigenvalue weighted by Crippen LogP contribution is -2.41. The predicted molar refractivity (Wildman–Crippen MR) is 67.3 cm³/mol. The molecule has 3 atom stereocenters. The van der Waals surface area contributed by atoms with Crippen LogP contribution in [0.2, 0.25) is 0 Å². The molecular formula is C14H27NO. The first kappa shape index (κ1) is 12.4. The molecule has 2 fully saturated rings. The van der Waals surface area contributed by atoms with Gasteiger partial charge in [-0.2, -0.15) is 0 Å². The first-order valence-electron chi connectivity index (χ1n) is 6.98. The van der Waals surface area contributed by atoms with Crippen LogP contribution in [0.15, 0.2) is 0 Å². The number of hydrogen-bond donors (Lipinski definition) is 2. The SMILES string of the molecule is CC1(C)CCCC1NCC1CCCC1CO. The fourth-order valence-corrected chi connectivity index (χ4v) is 3.62. The van der Waals surface area contributed by atoms with Crippen LogP contribution in [0.3, 0.4) is 0 Å². The summed E-state index contributed by atoms with van der Waals surface area (Å²) in [4.78, 5) is 0. The molecule has 94 valence electrons. The van der Waals surface area contributed by atoms with E-state index in [2.05, 4.69) is 19.2 Å². The minimum absolute atomic E-state index is 0.389. The van der Waals surface area contributed by atoms with Crippen LogP contribution in [0.4, 0.5) is 0 Å². The van der Waals surface area contributed by atoms with Gasteiger partial charge in [-0.3, -0.25) is 0 Å². The second-order valence-electron chi connectivity index (χ2n) is 6.48. The van der Waals surface area contributed by atoms with Crippen LogP contribution in [-0.4, -0.2) is 24.3 Å². The van der Waals surface area contributed by atoms with Crippen molar-refractivity contribution in [3.63, 3.8) is 0 Å². The van der Waals surface area contributed by atoms with Gasteiger partial charge in [0.05, 0.1) is 0 Å². The molecule has 0 spiro atoms. The summed E-state index contributed by atoms with van der Waals surface area (Å²) >= 11 is 0. The Balaban J connectivity index is 1.78. The Labute approximate surface area is 99.8 Å². The van der Waals surface area contributed by atoms with E-state index in [-0.39, 0.29) is 0 Å². The summed E-state index contributed by atoms with van der Waals surface area (Å²) in [5.74, 6) is 1.29. The topological polar surface area (TPSA) is 32.3 Å². The van der Waals surface area contributed by atoms with Crippen molar-refractivity contribution in [2.75, 3.05) is 13.2 Å². The molecule has 0 heterocycles. The molecule has 16 heavy (non-hydrogen) atoms. The van der Waals surface area contributed by atoms with Crippen LogP contribution in [0.5, 0.6) is 0 Å². The van der Waals surface area contributed by atoms with Gasteiger partial charge in [0, 0.05) is 12.6 Å². The lowest BCUT2D eigenvalue weighted by Gasteiger charge is -2.30. The van der Waals surface area contributed by atoms with Gasteiger partial charge >= 0.3 is 0 Å². The van der Waals surface area contributed by atoms with Gasteiger partial charge in [0.1, 0.15) is 0 Å². The number of aliphatic hydroxyl groups excluding tert-OH is 1. The molecule has 3 unspecified atom stereocenters. The van der Waals surface area contributed by atoms with Gasteiger partial charge in [0.2, 0.25) is 0 Å². The summed E-state index contributed by atoms with van der Waals surface area (Å²) in [7, 11) is 0. The van der Waals surface area contributed by atoms with Crippen molar-refractivity contribution >= 4 is 0 Å². The molecule has 2 rings (SSSR count). The Morgan fingerprint density at radius 1 is 1.12 bits per heavy atom. The molecule has 0 aromatic carbocycles. The van der Waals surface area contributed by atoms with E-state index in [1.54, 1.807) is 0 Å². The summed E-state index contributed by atoms with van der Waals surface area (Å²) in [6.45, 7) is 6.28. The van der Waals surface area contributed by atoms with Crippen molar-refractivity contribution < 1.29 is 5.11 Å². The maximum atomic E-state index is 9.30. The van der Waals surface area contributed by atoms with Crippen molar-refractivity contribution in [1.29, 1.82) is 0 Å². The quantitative estimate of drug-likeness (QED) is 0.770. The summed E-state index contributed by atoms with van der Waals surface area (Å²) in [6, 6.07) is 0.701. The average molecular weight is 225 g/mol. The van der Waals surface area contributed by atoms with Crippen LogP contribution in [0, 0.1) is 17.3 Å². The fourth-order valence-electron chi connectivity index (χ4n) is 3.62. The van der Waals surface area contributed by atoms with Crippen molar-refractivity contribution in [3.8, 4) is 0 Å². The van der Waals surface area contributed by atoms with Gasteiger partial charge < -0.3 is 10.4 Å². The van der Waals surface area contributed by atoms with E-state index >= 15 is 0 Å². The highest BCUT2D eigenvalue weighted by Crippen LogP contribution is 2.38. The van der Waals surface area contributed by atoms with Crippen molar-refractivity contribution in [3.05, 3.63) is 0 Å². The molecule has 0 radical (unpaired) electrons. The highest BCUT2D eigenvalue weighted by molar-refractivity contribution is 4.91. The Morgan fingerprint density at radius 2 is 1.88 bits per heavy atom. The van der Waals surface area contributed by atoms with E-state index in [0.717, 1.165) is 12.5 Å². The summed E-state index contributed by atoms with van der Waals surface area (Å²) in [6.07, 6.45) is 7.93. The van der Waals surface area contributed by atoms with E-state index in [0.29, 0.717) is 24.0 Å². The van der Waals surface area contributed by atoms with Crippen LogP contribution in [0.1, 0.15) is 52.4 Å². The van der Waals surface area contributed by atoms with Gasteiger partial charge in [-0.15, -0.1) is 0 Å². The smallest absolute Gasteiger partial charge is 0.0462 e. The fraction of sp³-hybridized carbons (Fsp3) is 1.00. The van der Waals surface area contributed by atoms with E-state index in [9.17, 15) is 5.11 Å². The largest absolute Gasteiger partial charge is 0.396 e. The molecule has 0 bridgehead atoms. The molecule has 2 saturated carbocycles. The van der Waals surface area contributed by atoms with Crippen LogP contribution < -0.4 is 5.32 Å². The third kappa shape index (κ3) is 2.60. The first-order chi connectivity index (χ1) is 7.63. The molecule has 2 nitrogen and oxygen atoms in total. The van der Waals surface area contributed by atoms with Crippen LogP contribution in [-0.2, 0) is 0 Å². The molecule has 2 aliphatic rings. The normalized spacial score (nSPS) is 38.1. The zero-order valence-corrected chi connectivity index (χ0v) is 10.8. The third-order valence-electron chi connectivity index (χ3n) is 4.93. The lowest BCUT2D eigenvalue weighted by molar-refractivity contribution is 0.183. The molecule has 0 aliphatic heterocycles. The zero-order chi connectivity index (χ0) is 11.6. The molecule has 2 heteroatoms. The minimum Gasteiger partial charge on any atom is -0.396 e. The standard InChI is InChI=1S/C14H27NO/c1-14(2)8-4-7-13(14)15-9-11-5-3-6-12(11)10-16/h11-13,15-16H,3-10H2,1-2H3. The first-order valence-corrected chi connectivity index (χ1v) is 6.98. The van der Waals surface area contributed by atoms with E-state index in [4.69, 9.17) is 0 Å². The minimum atomic E-state index is 0.389. The second kappa shape index (κ2) is 5.05. The Bertz CT molecular complexity index is 227. The third-order valence-corrected chi connectivity index (χ3v) is 4.93. The van der Waals surface area contributed by atoms with E-state index < -0.39 is 0 Å². The lowest BCUT2D eigenvalue weighted by atomic mass is 9.86. The van der Waals surface area contributed by atoms with Crippen molar-refractivity contribution in [2.24, 2.45) is 17.3 Å². The number of nitrogens with one attached hydrogen (secondary N) is 1. The molecule has 2 N–H and O–H groups in total.